The summed E-state index contributed by atoms with van der Waals surface area (Å²) in [7, 11) is 0. The van der Waals surface area contributed by atoms with Crippen LogP contribution in [0.15, 0.2) is 0 Å². The molecular weight excluding hydrogens is 122 g/mol. The van der Waals surface area contributed by atoms with Gasteiger partial charge >= 0.3 is 0 Å². The van der Waals surface area contributed by atoms with Crippen LogP contribution in [0.25, 0.3) is 0 Å². The van der Waals surface area contributed by atoms with Crippen molar-refractivity contribution in [3.05, 3.63) is 0 Å². The monoisotopic (exact) mass is 145 g/mol. The van der Waals surface area contributed by atoms with Crippen LogP contribution in [0.1, 0.15) is 48.5 Å². The summed E-state index contributed by atoms with van der Waals surface area (Å²) in [6.45, 7) is 11.0. The number of nitrogens with one attached hydrogen (secondary N) is 1. The van der Waals surface area contributed by atoms with Gasteiger partial charge in [0.1, 0.15) is 0 Å². The molecule has 0 aromatic carbocycles. The van der Waals surface area contributed by atoms with Gasteiger partial charge in [-0.05, 0) is 20.3 Å². The van der Waals surface area contributed by atoms with Gasteiger partial charge in [-0.2, -0.15) is 0 Å². The van der Waals surface area contributed by atoms with Gasteiger partial charge in [0, 0.05) is 11.6 Å². The molecule has 10 heavy (non-hydrogen) atoms. The summed E-state index contributed by atoms with van der Waals surface area (Å²) in [4.78, 5) is 0. The number of rotatable bonds is 3. The predicted octanol–water partition coefficient (Wildman–Crippen LogP) is 2.81. The summed E-state index contributed by atoms with van der Waals surface area (Å²) in [6.07, 6.45) is 1.19. The number of hydrogen-bond donors (Lipinski definition) is 1. The van der Waals surface area contributed by atoms with Crippen LogP contribution in [0.2, 0.25) is 0 Å². The molecule has 0 unspecified atom stereocenters. The maximum absolute atomic E-state index is 3.47. The van der Waals surface area contributed by atoms with Crippen molar-refractivity contribution in [2.45, 2.75) is 60.0 Å². The minimum absolute atomic E-state index is 0. The Balaban J connectivity index is 0. The lowest BCUT2D eigenvalue weighted by molar-refractivity contribution is 0.345. The topological polar surface area (TPSA) is 12.0 Å². The van der Waals surface area contributed by atoms with Crippen molar-refractivity contribution in [2.75, 3.05) is 0 Å². The molecular formula is C9H23N. The molecule has 0 saturated heterocycles. The average Bonchev–Trinajstić information content (AvgIpc) is 1.63. The molecule has 1 heteroatoms. The van der Waals surface area contributed by atoms with Crippen LogP contribution in [0.5, 0.6) is 0 Å². The third-order valence-electron chi connectivity index (χ3n) is 1.56. The van der Waals surface area contributed by atoms with Gasteiger partial charge in [0.2, 0.25) is 0 Å². The Kier molecular flexibility index (Phi) is 5.96. The maximum atomic E-state index is 3.47. The first kappa shape index (κ1) is 12.6. The smallest absolute Gasteiger partial charge is 0.0124 e. The highest BCUT2D eigenvalue weighted by Gasteiger charge is 2.14. The second-order valence-electron chi connectivity index (χ2n) is 3.54. The minimum atomic E-state index is 0. The molecule has 0 radical (unpaired) electrons. The van der Waals surface area contributed by atoms with Crippen molar-refractivity contribution >= 4 is 0 Å². The molecule has 0 heterocycles. The standard InChI is InChI=1S/C8H19N.CH4/c1-6-8(4,5)9-7(2)3;/h7,9H,6H2,1-5H3;1H4. The average molecular weight is 145 g/mol. The van der Waals surface area contributed by atoms with E-state index in [9.17, 15) is 0 Å². The van der Waals surface area contributed by atoms with Gasteiger partial charge < -0.3 is 5.32 Å². The Hall–Kier alpha value is -0.0400. The fraction of sp³-hybridized carbons (Fsp3) is 1.00. The molecule has 0 aliphatic rings. The van der Waals surface area contributed by atoms with E-state index in [1.807, 2.05) is 0 Å². The van der Waals surface area contributed by atoms with Gasteiger partial charge in [-0.25, -0.2) is 0 Å². The fourth-order valence-electron chi connectivity index (χ4n) is 0.884. The molecule has 1 nitrogen and oxygen atoms in total. The lowest BCUT2D eigenvalue weighted by Crippen LogP contribution is -2.42. The molecule has 0 atom stereocenters. The van der Waals surface area contributed by atoms with Crippen LogP contribution >= 0.6 is 0 Å². The molecule has 1 N–H and O–H groups in total. The van der Waals surface area contributed by atoms with Crippen LogP contribution in [-0.2, 0) is 0 Å². The molecule has 0 aliphatic carbocycles. The molecule has 0 amide bonds. The lowest BCUT2D eigenvalue weighted by Gasteiger charge is -2.27. The second kappa shape index (κ2) is 4.73. The molecule has 0 aliphatic heterocycles. The van der Waals surface area contributed by atoms with Crippen molar-refractivity contribution in [1.82, 2.24) is 5.32 Å². The molecule has 0 bridgehead atoms. The Labute approximate surface area is 66.2 Å². The highest BCUT2D eigenvalue weighted by molar-refractivity contribution is 4.76. The zero-order valence-corrected chi connectivity index (χ0v) is 7.28. The molecule has 0 aromatic heterocycles. The van der Waals surface area contributed by atoms with E-state index in [1.54, 1.807) is 0 Å². The summed E-state index contributed by atoms with van der Waals surface area (Å²) in [6, 6.07) is 0.597. The molecule has 0 rings (SSSR count). The van der Waals surface area contributed by atoms with E-state index in [4.69, 9.17) is 0 Å². The Morgan fingerprint density at radius 2 is 1.70 bits per heavy atom. The van der Waals surface area contributed by atoms with Crippen LogP contribution in [0.3, 0.4) is 0 Å². The van der Waals surface area contributed by atoms with E-state index in [0.29, 0.717) is 11.6 Å². The van der Waals surface area contributed by atoms with E-state index >= 15 is 0 Å². The first-order valence-corrected chi connectivity index (χ1v) is 3.75. The SMILES string of the molecule is C.CCC(C)(C)NC(C)C. The third kappa shape index (κ3) is 6.09. The van der Waals surface area contributed by atoms with Gasteiger partial charge in [-0.3, -0.25) is 0 Å². The van der Waals surface area contributed by atoms with Gasteiger partial charge in [0.05, 0.1) is 0 Å². The fourth-order valence-corrected chi connectivity index (χ4v) is 0.884. The first-order chi connectivity index (χ1) is 3.98. The summed E-state index contributed by atoms with van der Waals surface area (Å²) in [5.74, 6) is 0. The quantitative estimate of drug-likeness (QED) is 0.644. The Morgan fingerprint density at radius 1 is 1.30 bits per heavy atom. The van der Waals surface area contributed by atoms with Crippen molar-refractivity contribution in [3.63, 3.8) is 0 Å². The summed E-state index contributed by atoms with van der Waals surface area (Å²) in [5, 5.41) is 3.47. The van der Waals surface area contributed by atoms with Crippen LogP contribution in [0, 0.1) is 0 Å². The van der Waals surface area contributed by atoms with E-state index in [-0.39, 0.29) is 7.43 Å². The van der Waals surface area contributed by atoms with Crippen molar-refractivity contribution < 1.29 is 0 Å². The van der Waals surface area contributed by atoms with Gasteiger partial charge in [-0.1, -0.05) is 28.2 Å². The first-order valence-electron chi connectivity index (χ1n) is 3.75. The Bertz CT molecular complexity index is 74.8. The maximum Gasteiger partial charge on any atom is 0.0124 e. The number of hydrogen-bond acceptors (Lipinski definition) is 1. The van der Waals surface area contributed by atoms with Crippen LogP contribution in [0.4, 0.5) is 0 Å². The summed E-state index contributed by atoms with van der Waals surface area (Å²) in [5.41, 5.74) is 0.314. The van der Waals surface area contributed by atoms with E-state index in [2.05, 4.69) is 39.9 Å². The normalized spacial score (nSPS) is 11.4. The van der Waals surface area contributed by atoms with Crippen molar-refractivity contribution in [1.29, 1.82) is 0 Å². The van der Waals surface area contributed by atoms with Gasteiger partial charge in [0.25, 0.3) is 0 Å². The van der Waals surface area contributed by atoms with Gasteiger partial charge in [-0.15, -0.1) is 0 Å². The zero-order chi connectivity index (χ0) is 7.49. The lowest BCUT2D eigenvalue weighted by atomic mass is 10.0. The molecule has 0 aromatic rings. The highest BCUT2D eigenvalue weighted by Crippen LogP contribution is 2.07. The highest BCUT2D eigenvalue weighted by atomic mass is 15.0. The molecule has 0 saturated carbocycles. The summed E-state index contributed by atoms with van der Waals surface area (Å²) < 4.78 is 0. The Morgan fingerprint density at radius 3 is 1.80 bits per heavy atom. The van der Waals surface area contributed by atoms with E-state index < -0.39 is 0 Å². The predicted molar refractivity (Wildman–Crippen MR) is 49.4 cm³/mol. The third-order valence-corrected chi connectivity index (χ3v) is 1.56. The van der Waals surface area contributed by atoms with Crippen LogP contribution < -0.4 is 5.32 Å². The molecule has 0 spiro atoms. The van der Waals surface area contributed by atoms with E-state index in [0.717, 1.165) is 0 Å². The molecule has 64 valence electrons. The second-order valence-corrected chi connectivity index (χ2v) is 3.54. The van der Waals surface area contributed by atoms with E-state index in [1.165, 1.54) is 6.42 Å². The summed E-state index contributed by atoms with van der Waals surface area (Å²) >= 11 is 0. The van der Waals surface area contributed by atoms with Crippen LogP contribution in [-0.4, -0.2) is 11.6 Å². The minimum Gasteiger partial charge on any atom is -0.310 e. The molecule has 0 fully saturated rings. The largest absolute Gasteiger partial charge is 0.310 e. The van der Waals surface area contributed by atoms with Crippen molar-refractivity contribution in [3.8, 4) is 0 Å². The van der Waals surface area contributed by atoms with Crippen molar-refractivity contribution in [2.24, 2.45) is 0 Å². The van der Waals surface area contributed by atoms with Gasteiger partial charge in [0.15, 0.2) is 0 Å². The zero-order valence-electron chi connectivity index (χ0n) is 7.28.